The molecule has 0 saturated carbocycles. The second-order valence-electron chi connectivity index (χ2n) is 8.30. The molecule has 3 N–H and O–H groups in total. The third-order valence-electron chi connectivity index (χ3n) is 5.36. The number of nitrogens with one attached hydrogen (secondary N) is 2. The second-order valence-corrected chi connectivity index (χ2v) is 8.30. The Morgan fingerprint density at radius 1 is 1.08 bits per heavy atom. The lowest BCUT2D eigenvalue weighted by Crippen LogP contribution is -2.49. The summed E-state index contributed by atoms with van der Waals surface area (Å²) in [4.78, 5) is 9.82. The molecule has 0 unspecified atom stereocenters. The molecular weight excluding hydrogens is 326 g/mol. The zero-order valence-corrected chi connectivity index (χ0v) is 17.2. The molecule has 0 spiro atoms. The van der Waals surface area contributed by atoms with Gasteiger partial charge in [-0.05, 0) is 51.5 Å². The van der Waals surface area contributed by atoms with Crippen molar-refractivity contribution in [2.45, 2.75) is 65.0 Å². The third-order valence-corrected chi connectivity index (χ3v) is 5.36. The van der Waals surface area contributed by atoms with Crippen molar-refractivity contribution in [2.75, 3.05) is 52.4 Å². The molecule has 0 aromatic rings. The Labute approximate surface area is 160 Å². The number of hydrogen-bond donors (Lipinski definition) is 3. The quantitative estimate of drug-likeness (QED) is 0.345. The van der Waals surface area contributed by atoms with Gasteiger partial charge in [0, 0.05) is 51.9 Å². The number of aliphatic hydroxyl groups is 1. The smallest absolute Gasteiger partial charge is 0.191 e. The van der Waals surface area contributed by atoms with Gasteiger partial charge in [0.25, 0.3) is 0 Å². The monoisotopic (exact) mass is 367 g/mol. The van der Waals surface area contributed by atoms with Crippen molar-refractivity contribution in [2.24, 2.45) is 10.9 Å². The van der Waals surface area contributed by atoms with Gasteiger partial charge >= 0.3 is 0 Å². The molecule has 0 aliphatic carbocycles. The van der Waals surface area contributed by atoms with Gasteiger partial charge in [0.2, 0.25) is 0 Å². The van der Waals surface area contributed by atoms with Gasteiger partial charge in [-0.1, -0.05) is 13.8 Å². The fourth-order valence-corrected chi connectivity index (χ4v) is 3.92. The van der Waals surface area contributed by atoms with Crippen molar-refractivity contribution >= 4 is 5.96 Å². The molecule has 2 heterocycles. The van der Waals surface area contributed by atoms with E-state index >= 15 is 0 Å². The van der Waals surface area contributed by atoms with Gasteiger partial charge in [0.15, 0.2) is 5.96 Å². The van der Waals surface area contributed by atoms with E-state index in [9.17, 15) is 5.11 Å². The van der Waals surface area contributed by atoms with Gasteiger partial charge in [-0.15, -0.1) is 0 Å². The van der Waals surface area contributed by atoms with Crippen LogP contribution in [0.5, 0.6) is 0 Å². The topological polar surface area (TPSA) is 63.1 Å². The third kappa shape index (κ3) is 8.23. The molecule has 0 amide bonds. The van der Waals surface area contributed by atoms with Crippen LogP contribution in [0.4, 0.5) is 0 Å². The molecule has 0 aromatic carbocycles. The van der Waals surface area contributed by atoms with Crippen LogP contribution < -0.4 is 10.6 Å². The lowest BCUT2D eigenvalue weighted by atomic mass is 10.0. The summed E-state index contributed by atoms with van der Waals surface area (Å²) in [6, 6.07) is 0.541. The molecule has 0 bridgehead atoms. The number of aliphatic hydroxyl groups excluding tert-OH is 1. The largest absolute Gasteiger partial charge is 0.393 e. The van der Waals surface area contributed by atoms with Crippen LogP contribution in [0.3, 0.4) is 0 Å². The lowest BCUT2D eigenvalue weighted by molar-refractivity contribution is 0.0824. The average Bonchev–Trinajstić information content (AvgIpc) is 2.61. The van der Waals surface area contributed by atoms with Crippen molar-refractivity contribution in [3.05, 3.63) is 0 Å². The van der Waals surface area contributed by atoms with Crippen molar-refractivity contribution in [3.8, 4) is 0 Å². The Hall–Kier alpha value is -0.850. The summed E-state index contributed by atoms with van der Waals surface area (Å²) in [6.45, 7) is 15.2. The molecule has 2 rings (SSSR count). The molecule has 2 saturated heterocycles. The van der Waals surface area contributed by atoms with Crippen molar-refractivity contribution in [1.82, 2.24) is 20.4 Å². The average molecular weight is 368 g/mol. The predicted octanol–water partition coefficient (Wildman–Crippen LogP) is 1.51. The number of guanidine groups is 1. The van der Waals surface area contributed by atoms with Gasteiger partial charge < -0.3 is 25.5 Å². The zero-order valence-electron chi connectivity index (χ0n) is 17.2. The van der Waals surface area contributed by atoms with Crippen molar-refractivity contribution in [3.63, 3.8) is 0 Å². The van der Waals surface area contributed by atoms with E-state index in [2.05, 4.69) is 41.2 Å². The van der Waals surface area contributed by atoms with Crippen LogP contribution in [0.1, 0.15) is 52.9 Å². The van der Waals surface area contributed by atoms with E-state index in [0.717, 1.165) is 63.9 Å². The predicted molar refractivity (Wildman–Crippen MR) is 110 cm³/mol. The van der Waals surface area contributed by atoms with E-state index in [1.165, 1.54) is 32.5 Å². The first kappa shape index (κ1) is 21.5. The summed E-state index contributed by atoms with van der Waals surface area (Å²) in [5, 5.41) is 16.6. The molecular formula is C20H41N5O. The van der Waals surface area contributed by atoms with Gasteiger partial charge in [-0.2, -0.15) is 0 Å². The maximum absolute atomic E-state index is 9.58. The molecule has 152 valence electrons. The van der Waals surface area contributed by atoms with E-state index in [1.807, 2.05) is 0 Å². The first-order valence-corrected chi connectivity index (χ1v) is 10.7. The molecule has 26 heavy (non-hydrogen) atoms. The Morgan fingerprint density at radius 3 is 2.35 bits per heavy atom. The highest BCUT2D eigenvalue weighted by atomic mass is 16.3. The molecule has 0 radical (unpaired) electrons. The molecule has 6 nitrogen and oxygen atoms in total. The fraction of sp³-hybridized carbons (Fsp3) is 0.950. The van der Waals surface area contributed by atoms with Crippen LogP contribution in [0, 0.1) is 5.92 Å². The number of likely N-dealkylation sites (tertiary alicyclic amines) is 2. The summed E-state index contributed by atoms with van der Waals surface area (Å²) < 4.78 is 0. The van der Waals surface area contributed by atoms with Crippen LogP contribution in [0.25, 0.3) is 0 Å². The molecule has 2 fully saturated rings. The maximum Gasteiger partial charge on any atom is 0.191 e. The minimum absolute atomic E-state index is 0.0826. The van der Waals surface area contributed by atoms with E-state index in [-0.39, 0.29) is 6.10 Å². The van der Waals surface area contributed by atoms with Gasteiger partial charge in [-0.25, -0.2) is 0 Å². The van der Waals surface area contributed by atoms with Gasteiger partial charge in [0.05, 0.1) is 6.10 Å². The van der Waals surface area contributed by atoms with Crippen LogP contribution in [0.2, 0.25) is 0 Å². The first-order chi connectivity index (χ1) is 12.6. The minimum atomic E-state index is -0.0826. The Balaban J connectivity index is 1.66. The van der Waals surface area contributed by atoms with E-state index in [0.29, 0.717) is 6.04 Å². The maximum atomic E-state index is 9.58. The number of aliphatic imine (C=N–C) groups is 1. The Bertz CT molecular complexity index is 399. The van der Waals surface area contributed by atoms with Gasteiger partial charge in [0.1, 0.15) is 0 Å². The van der Waals surface area contributed by atoms with E-state index in [4.69, 9.17) is 4.99 Å². The van der Waals surface area contributed by atoms with E-state index in [1.54, 1.807) is 0 Å². The van der Waals surface area contributed by atoms with Gasteiger partial charge in [-0.3, -0.25) is 4.99 Å². The highest BCUT2D eigenvalue weighted by molar-refractivity contribution is 5.80. The normalized spacial score (nSPS) is 22.1. The fourth-order valence-electron chi connectivity index (χ4n) is 3.92. The van der Waals surface area contributed by atoms with Crippen LogP contribution in [0.15, 0.2) is 4.99 Å². The molecule has 0 atom stereocenters. The standard InChI is InChI=1S/C20H41N5O/c1-4-21-20(22-10-5-11-24-14-8-19(26)9-15-24)23-18-6-12-25(13-7-18)16-17(2)3/h17-19,26H,4-16H2,1-3H3,(H2,21,22,23). The summed E-state index contributed by atoms with van der Waals surface area (Å²) in [6.07, 6.45) is 5.24. The van der Waals surface area contributed by atoms with Crippen molar-refractivity contribution in [1.29, 1.82) is 0 Å². The highest BCUT2D eigenvalue weighted by Gasteiger charge is 2.20. The lowest BCUT2D eigenvalue weighted by Gasteiger charge is -2.34. The number of piperidine rings is 2. The van der Waals surface area contributed by atoms with Crippen molar-refractivity contribution < 1.29 is 5.11 Å². The number of rotatable bonds is 8. The molecule has 0 aromatic heterocycles. The molecule has 2 aliphatic rings. The first-order valence-electron chi connectivity index (χ1n) is 10.7. The highest BCUT2D eigenvalue weighted by Crippen LogP contribution is 2.12. The summed E-state index contributed by atoms with van der Waals surface area (Å²) in [7, 11) is 0. The van der Waals surface area contributed by atoms with Crippen LogP contribution >= 0.6 is 0 Å². The summed E-state index contributed by atoms with van der Waals surface area (Å²) in [5.74, 6) is 1.73. The number of nitrogens with zero attached hydrogens (tertiary/aromatic N) is 3. The van der Waals surface area contributed by atoms with Crippen LogP contribution in [-0.2, 0) is 0 Å². The number of hydrogen-bond acceptors (Lipinski definition) is 4. The molecule has 2 aliphatic heterocycles. The zero-order chi connectivity index (χ0) is 18.8. The molecule has 6 heteroatoms. The van der Waals surface area contributed by atoms with E-state index < -0.39 is 0 Å². The minimum Gasteiger partial charge on any atom is -0.393 e. The summed E-state index contributed by atoms with van der Waals surface area (Å²) in [5.41, 5.74) is 0. The van der Waals surface area contributed by atoms with Crippen LogP contribution in [-0.4, -0.2) is 85.4 Å². The summed E-state index contributed by atoms with van der Waals surface area (Å²) >= 11 is 0. The SMILES string of the molecule is CCNC(=NCCCN1CCC(O)CC1)NC1CCN(CC(C)C)CC1. The second kappa shape index (κ2) is 11.8. The Kier molecular flexibility index (Phi) is 9.72. The Morgan fingerprint density at radius 2 is 1.73 bits per heavy atom.